The molecular formula is C13H22N2O. The highest BCUT2D eigenvalue weighted by atomic mass is 16.3. The molecule has 3 heteroatoms. The summed E-state index contributed by atoms with van der Waals surface area (Å²) < 4.78 is 0. The molecule has 0 aliphatic heterocycles. The summed E-state index contributed by atoms with van der Waals surface area (Å²) in [6, 6.07) is 2.81. The monoisotopic (exact) mass is 222 g/mol. The van der Waals surface area contributed by atoms with Crippen molar-refractivity contribution in [1.82, 2.24) is 9.88 Å². The standard InChI is InChI=1S/C13H22N2O/c1-15(9-7-11-6-8-14-10-11)12-2-4-13(16)5-3-12/h6,8,10,12-14,16H,2-5,7,9H2,1H3. The molecule has 0 amide bonds. The largest absolute Gasteiger partial charge is 0.393 e. The molecule has 1 saturated carbocycles. The van der Waals surface area contributed by atoms with Crippen molar-refractivity contribution >= 4 is 0 Å². The first kappa shape index (κ1) is 11.7. The molecule has 3 nitrogen and oxygen atoms in total. The van der Waals surface area contributed by atoms with Crippen molar-refractivity contribution in [2.75, 3.05) is 13.6 Å². The van der Waals surface area contributed by atoms with Gasteiger partial charge in [0.2, 0.25) is 0 Å². The Morgan fingerprint density at radius 3 is 2.75 bits per heavy atom. The van der Waals surface area contributed by atoms with Gasteiger partial charge in [-0.25, -0.2) is 0 Å². The highest BCUT2D eigenvalue weighted by molar-refractivity contribution is 5.08. The maximum Gasteiger partial charge on any atom is 0.0541 e. The first-order chi connectivity index (χ1) is 7.75. The number of likely N-dealkylation sites (N-methyl/N-ethyl adjacent to an activating group) is 1. The molecule has 1 aliphatic carbocycles. The van der Waals surface area contributed by atoms with Crippen LogP contribution in [0.4, 0.5) is 0 Å². The van der Waals surface area contributed by atoms with E-state index in [0.717, 1.165) is 38.6 Å². The number of aromatic amines is 1. The minimum Gasteiger partial charge on any atom is -0.393 e. The van der Waals surface area contributed by atoms with Gasteiger partial charge < -0.3 is 15.0 Å². The summed E-state index contributed by atoms with van der Waals surface area (Å²) in [5, 5.41) is 9.47. The molecule has 1 aliphatic rings. The highest BCUT2D eigenvalue weighted by Gasteiger charge is 2.22. The van der Waals surface area contributed by atoms with E-state index in [1.165, 1.54) is 5.56 Å². The molecule has 16 heavy (non-hydrogen) atoms. The first-order valence-electron chi connectivity index (χ1n) is 6.25. The fourth-order valence-corrected chi connectivity index (χ4v) is 2.50. The second kappa shape index (κ2) is 5.51. The summed E-state index contributed by atoms with van der Waals surface area (Å²) in [5.41, 5.74) is 1.38. The Labute approximate surface area is 97.5 Å². The van der Waals surface area contributed by atoms with E-state index >= 15 is 0 Å². The van der Waals surface area contributed by atoms with Crippen molar-refractivity contribution in [2.24, 2.45) is 0 Å². The third-order valence-corrected chi connectivity index (χ3v) is 3.71. The van der Waals surface area contributed by atoms with Crippen molar-refractivity contribution < 1.29 is 5.11 Å². The van der Waals surface area contributed by atoms with E-state index in [2.05, 4.69) is 29.2 Å². The van der Waals surface area contributed by atoms with Gasteiger partial charge in [0.25, 0.3) is 0 Å². The minimum atomic E-state index is -0.0469. The first-order valence-corrected chi connectivity index (χ1v) is 6.25. The zero-order chi connectivity index (χ0) is 11.4. The Morgan fingerprint density at radius 2 is 2.12 bits per heavy atom. The van der Waals surface area contributed by atoms with Crippen molar-refractivity contribution in [3.05, 3.63) is 24.0 Å². The van der Waals surface area contributed by atoms with Gasteiger partial charge in [0.15, 0.2) is 0 Å². The predicted octanol–water partition coefficient (Wildman–Crippen LogP) is 1.79. The van der Waals surface area contributed by atoms with Crippen molar-refractivity contribution in [1.29, 1.82) is 0 Å². The average molecular weight is 222 g/mol. The summed E-state index contributed by atoms with van der Waals surface area (Å²) in [5.74, 6) is 0. The molecule has 1 aromatic heterocycles. The zero-order valence-electron chi connectivity index (χ0n) is 10.0. The quantitative estimate of drug-likeness (QED) is 0.815. The van der Waals surface area contributed by atoms with Crippen LogP contribution in [-0.4, -0.2) is 40.7 Å². The van der Waals surface area contributed by atoms with Crippen LogP contribution in [0.2, 0.25) is 0 Å². The maximum atomic E-state index is 9.47. The Morgan fingerprint density at radius 1 is 1.38 bits per heavy atom. The lowest BCUT2D eigenvalue weighted by Crippen LogP contribution is -2.37. The molecular weight excluding hydrogens is 200 g/mol. The minimum absolute atomic E-state index is 0.0469. The summed E-state index contributed by atoms with van der Waals surface area (Å²) in [4.78, 5) is 5.53. The molecule has 0 radical (unpaired) electrons. The number of hydrogen-bond donors (Lipinski definition) is 2. The molecule has 0 bridgehead atoms. The number of nitrogens with one attached hydrogen (secondary N) is 1. The van der Waals surface area contributed by atoms with Crippen LogP contribution < -0.4 is 0 Å². The van der Waals surface area contributed by atoms with Gasteiger partial charge in [-0.15, -0.1) is 0 Å². The fourth-order valence-electron chi connectivity index (χ4n) is 2.50. The van der Waals surface area contributed by atoms with Gasteiger partial charge in [-0.1, -0.05) is 0 Å². The van der Waals surface area contributed by atoms with Crippen LogP contribution in [0.15, 0.2) is 18.5 Å². The van der Waals surface area contributed by atoms with Crippen molar-refractivity contribution in [3.8, 4) is 0 Å². The molecule has 0 aromatic carbocycles. The lowest BCUT2D eigenvalue weighted by Gasteiger charge is -2.33. The van der Waals surface area contributed by atoms with E-state index in [-0.39, 0.29) is 6.10 Å². The molecule has 0 atom stereocenters. The van der Waals surface area contributed by atoms with Crippen LogP contribution >= 0.6 is 0 Å². The van der Waals surface area contributed by atoms with Crippen LogP contribution in [-0.2, 0) is 6.42 Å². The summed E-state index contributed by atoms with van der Waals surface area (Å²) in [6.45, 7) is 1.11. The topological polar surface area (TPSA) is 39.3 Å². The number of hydrogen-bond acceptors (Lipinski definition) is 2. The van der Waals surface area contributed by atoms with E-state index in [9.17, 15) is 5.11 Å². The zero-order valence-corrected chi connectivity index (χ0v) is 10.0. The molecule has 0 unspecified atom stereocenters. The summed E-state index contributed by atoms with van der Waals surface area (Å²) >= 11 is 0. The molecule has 1 heterocycles. The van der Waals surface area contributed by atoms with Gasteiger partial charge in [0, 0.05) is 25.0 Å². The van der Waals surface area contributed by atoms with Gasteiger partial charge in [-0.3, -0.25) is 0 Å². The Hall–Kier alpha value is -0.800. The average Bonchev–Trinajstić information content (AvgIpc) is 2.80. The fraction of sp³-hybridized carbons (Fsp3) is 0.692. The SMILES string of the molecule is CN(CCc1cc[nH]c1)C1CCC(O)CC1. The smallest absolute Gasteiger partial charge is 0.0541 e. The Kier molecular flexibility index (Phi) is 4.02. The normalized spacial score (nSPS) is 26.2. The van der Waals surface area contributed by atoms with Crippen LogP contribution in [0.1, 0.15) is 31.2 Å². The molecule has 90 valence electrons. The highest BCUT2D eigenvalue weighted by Crippen LogP contribution is 2.22. The lowest BCUT2D eigenvalue weighted by atomic mass is 9.92. The van der Waals surface area contributed by atoms with Crippen molar-refractivity contribution in [2.45, 2.75) is 44.2 Å². The summed E-state index contributed by atoms with van der Waals surface area (Å²) in [7, 11) is 2.20. The number of aliphatic hydroxyl groups is 1. The van der Waals surface area contributed by atoms with E-state index in [1.807, 2.05) is 6.20 Å². The van der Waals surface area contributed by atoms with E-state index in [1.54, 1.807) is 0 Å². The molecule has 2 rings (SSSR count). The number of aromatic nitrogens is 1. The van der Waals surface area contributed by atoms with E-state index in [0.29, 0.717) is 6.04 Å². The van der Waals surface area contributed by atoms with Gasteiger partial charge in [-0.05, 0) is 50.8 Å². The Bertz CT molecular complexity index is 289. The van der Waals surface area contributed by atoms with E-state index in [4.69, 9.17) is 0 Å². The molecule has 0 saturated heterocycles. The number of aliphatic hydroxyl groups excluding tert-OH is 1. The number of nitrogens with zero attached hydrogens (tertiary/aromatic N) is 1. The second-order valence-electron chi connectivity index (χ2n) is 4.91. The van der Waals surface area contributed by atoms with Crippen LogP contribution in [0.3, 0.4) is 0 Å². The number of H-pyrrole nitrogens is 1. The maximum absolute atomic E-state index is 9.47. The van der Waals surface area contributed by atoms with Gasteiger partial charge in [0.1, 0.15) is 0 Å². The van der Waals surface area contributed by atoms with Gasteiger partial charge in [-0.2, -0.15) is 0 Å². The van der Waals surface area contributed by atoms with Gasteiger partial charge >= 0.3 is 0 Å². The molecule has 1 fully saturated rings. The van der Waals surface area contributed by atoms with E-state index < -0.39 is 0 Å². The van der Waals surface area contributed by atoms with Gasteiger partial charge in [0.05, 0.1) is 6.10 Å². The number of rotatable bonds is 4. The molecule has 1 aromatic rings. The lowest BCUT2D eigenvalue weighted by molar-refractivity contribution is 0.0847. The van der Waals surface area contributed by atoms with Crippen molar-refractivity contribution in [3.63, 3.8) is 0 Å². The van der Waals surface area contributed by atoms with Crippen LogP contribution in [0, 0.1) is 0 Å². The van der Waals surface area contributed by atoms with Crippen LogP contribution in [0.25, 0.3) is 0 Å². The predicted molar refractivity (Wildman–Crippen MR) is 65.4 cm³/mol. The summed E-state index contributed by atoms with van der Waals surface area (Å²) in [6.07, 6.45) is 9.34. The second-order valence-corrected chi connectivity index (χ2v) is 4.91. The molecule has 2 N–H and O–H groups in total. The molecule has 0 spiro atoms. The van der Waals surface area contributed by atoms with Crippen LogP contribution in [0.5, 0.6) is 0 Å². The third-order valence-electron chi connectivity index (χ3n) is 3.71. The Balaban J connectivity index is 1.73. The third kappa shape index (κ3) is 3.09.